The van der Waals surface area contributed by atoms with Crippen molar-refractivity contribution in [1.29, 1.82) is 0 Å². The van der Waals surface area contributed by atoms with Crippen molar-refractivity contribution in [2.75, 3.05) is 6.54 Å². The molecule has 1 atom stereocenters. The minimum atomic E-state index is -3.46. The van der Waals surface area contributed by atoms with E-state index in [1.54, 1.807) is 17.5 Å². The monoisotopic (exact) mass is 277 g/mol. The van der Waals surface area contributed by atoms with E-state index in [9.17, 15) is 13.5 Å². The number of thiophene rings is 1. The molecule has 1 heterocycles. The van der Waals surface area contributed by atoms with Crippen LogP contribution < -0.4 is 4.72 Å². The first-order valence-electron chi connectivity index (χ1n) is 5.42. The van der Waals surface area contributed by atoms with Gasteiger partial charge in [0.15, 0.2) is 0 Å². The van der Waals surface area contributed by atoms with Gasteiger partial charge in [0.1, 0.15) is 4.21 Å². The van der Waals surface area contributed by atoms with E-state index in [1.807, 2.05) is 20.8 Å². The van der Waals surface area contributed by atoms with Gasteiger partial charge in [-0.05, 0) is 23.3 Å². The normalized spacial score (nSPS) is 14.8. The Morgan fingerprint density at radius 1 is 1.47 bits per heavy atom. The number of hydrogen-bond acceptors (Lipinski definition) is 4. The molecule has 1 aromatic heterocycles. The molecule has 0 saturated heterocycles. The Hall–Kier alpha value is -0.430. The standard InChI is InChI=1S/C11H19NO3S2/c1-11(2,3)7-9(13)8-12-17(14,15)10-5-4-6-16-10/h4-6,9,12-13H,7-8H2,1-3H3. The highest BCUT2D eigenvalue weighted by atomic mass is 32.2. The second-order valence-electron chi connectivity index (χ2n) is 5.20. The Morgan fingerprint density at radius 3 is 2.59 bits per heavy atom. The number of hydrogen-bond donors (Lipinski definition) is 2. The van der Waals surface area contributed by atoms with Gasteiger partial charge in [-0.3, -0.25) is 0 Å². The lowest BCUT2D eigenvalue weighted by Crippen LogP contribution is -2.33. The summed E-state index contributed by atoms with van der Waals surface area (Å²) in [5, 5.41) is 11.4. The molecule has 17 heavy (non-hydrogen) atoms. The predicted octanol–water partition coefficient (Wildman–Crippen LogP) is 1.82. The van der Waals surface area contributed by atoms with Crippen molar-refractivity contribution in [3.8, 4) is 0 Å². The average Bonchev–Trinajstić information content (AvgIpc) is 2.65. The summed E-state index contributed by atoms with van der Waals surface area (Å²) in [6, 6.07) is 3.23. The van der Waals surface area contributed by atoms with Crippen molar-refractivity contribution < 1.29 is 13.5 Å². The molecule has 0 bridgehead atoms. The van der Waals surface area contributed by atoms with Crippen LogP contribution >= 0.6 is 11.3 Å². The van der Waals surface area contributed by atoms with Gasteiger partial charge in [0.25, 0.3) is 0 Å². The van der Waals surface area contributed by atoms with Crippen LogP contribution in [-0.4, -0.2) is 26.2 Å². The Balaban J connectivity index is 2.51. The van der Waals surface area contributed by atoms with Crippen LogP contribution in [0.3, 0.4) is 0 Å². The van der Waals surface area contributed by atoms with E-state index in [0.29, 0.717) is 6.42 Å². The first-order chi connectivity index (χ1) is 7.71. The van der Waals surface area contributed by atoms with E-state index >= 15 is 0 Å². The molecule has 1 aromatic rings. The highest BCUT2D eigenvalue weighted by Gasteiger charge is 2.20. The maximum Gasteiger partial charge on any atom is 0.250 e. The summed E-state index contributed by atoms with van der Waals surface area (Å²) in [5.74, 6) is 0. The molecule has 0 saturated carbocycles. The first kappa shape index (κ1) is 14.6. The molecule has 1 rings (SSSR count). The van der Waals surface area contributed by atoms with Crippen LogP contribution in [0.5, 0.6) is 0 Å². The van der Waals surface area contributed by atoms with Gasteiger partial charge in [-0.1, -0.05) is 26.8 Å². The molecule has 0 radical (unpaired) electrons. The van der Waals surface area contributed by atoms with Crippen molar-refractivity contribution in [3.05, 3.63) is 17.5 Å². The minimum Gasteiger partial charge on any atom is -0.392 e. The van der Waals surface area contributed by atoms with E-state index in [0.717, 1.165) is 11.3 Å². The summed E-state index contributed by atoms with van der Waals surface area (Å²) in [5.41, 5.74) is -0.0200. The van der Waals surface area contributed by atoms with Gasteiger partial charge >= 0.3 is 0 Å². The molecule has 6 heteroatoms. The van der Waals surface area contributed by atoms with Crippen LogP contribution in [0, 0.1) is 5.41 Å². The van der Waals surface area contributed by atoms with E-state index < -0.39 is 16.1 Å². The summed E-state index contributed by atoms with van der Waals surface area (Å²) in [4.78, 5) is 0. The van der Waals surface area contributed by atoms with Crippen LogP contribution in [0.2, 0.25) is 0 Å². The van der Waals surface area contributed by atoms with Crippen LogP contribution in [0.25, 0.3) is 0 Å². The maximum absolute atomic E-state index is 11.8. The highest BCUT2D eigenvalue weighted by molar-refractivity contribution is 7.91. The van der Waals surface area contributed by atoms with Crippen LogP contribution in [0.1, 0.15) is 27.2 Å². The molecule has 0 aromatic carbocycles. The molecule has 0 aliphatic rings. The third-order valence-electron chi connectivity index (χ3n) is 2.12. The van der Waals surface area contributed by atoms with E-state index in [1.165, 1.54) is 0 Å². The van der Waals surface area contributed by atoms with Crippen LogP contribution in [0.4, 0.5) is 0 Å². The lowest BCUT2D eigenvalue weighted by molar-refractivity contribution is 0.125. The SMILES string of the molecule is CC(C)(C)CC(O)CNS(=O)(=O)c1cccs1. The van der Waals surface area contributed by atoms with E-state index in [2.05, 4.69) is 4.72 Å². The van der Waals surface area contributed by atoms with Gasteiger partial charge in [0.2, 0.25) is 10.0 Å². The van der Waals surface area contributed by atoms with Crippen molar-refractivity contribution in [3.63, 3.8) is 0 Å². The van der Waals surface area contributed by atoms with Gasteiger partial charge in [0.05, 0.1) is 6.10 Å². The van der Waals surface area contributed by atoms with Crippen molar-refractivity contribution in [2.24, 2.45) is 5.41 Å². The smallest absolute Gasteiger partial charge is 0.250 e. The number of nitrogens with one attached hydrogen (secondary N) is 1. The maximum atomic E-state index is 11.8. The third kappa shape index (κ3) is 5.16. The fourth-order valence-electron chi connectivity index (χ4n) is 1.47. The largest absolute Gasteiger partial charge is 0.392 e. The molecule has 4 nitrogen and oxygen atoms in total. The van der Waals surface area contributed by atoms with Gasteiger partial charge in [-0.2, -0.15) is 0 Å². The first-order valence-corrected chi connectivity index (χ1v) is 7.78. The Bertz CT molecular complexity index is 432. The Labute approximate surface area is 107 Å². The molecular formula is C11H19NO3S2. The van der Waals surface area contributed by atoms with Gasteiger partial charge in [-0.15, -0.1) is 11.3 Å². The number of aliphatic hydroxyl groups is 1. The number of sulfonamides is 1. The van der Waals surface area contributed by atoms with Crippen molar-refractivity contribution >= 4 is 21.4 Å². The third-order valence-corrected chi connectivity index (χ3v) is 4.94. The van der Waals surface area contributed by atoms with E-state index in [4.69, 9.17) is 0 Å². The van der Waals surface area contributed by atoms with Gasteiger partial charge in [-0.25, -0.2) is 13.1 Å². The predicted molar refractivity (Wildman–Crippen MR) is 69.6 cm³/mol. The molecule has 0 amide bonds. The molecule has 0 spiro atoms. The second-order valence-corrected chi connectivity index (χ2v) is 8.14. The average molecular weight is 277 g/mol. The number of aliphatic hydroxyl groups excluding tert-OH is 1. The molecule has 1 unspecified atom stereocenters. The van der Waals surface area contributed by atoms with E-state index in [-0.39, 0.29) is 16.2 Å². The molecule has 0 fully saturated rings. The van der Waals surface area contributed by atoms with Crippen LogP contribution in [0.15, 0.2) is 21.7 Å². The van der Waals surface area contributed by atoms with Crippen molar-refractivity contribution in [1.82, 2.24) is 4.72 Å². The molecule has 0 aliphatic heterocycles. The highest BCUT2D eigenvalue weighted by Crippen LogP contribution is 2.21. The molecule has 2 N–H and O–H groups in total. The summed E-state index contributed by atoms with van der Waals surface area (Å²) < 4.78 is 26.2. The van der Waals surface area contributed by atoms with Crippen molar-refractivity contribution in [2.45, 2.75) is 37.5 Å². The number of rotatable bonds is 5. The summed E-state index contributed by atoms with van der Waals surface area (Å²) in [7, 11) is -3.46. The minimum absolute atomic E-state index is 0.0200. The van der Waals surface area contributed by atoms with Gasteiger partial charge in [0, 0.05) is 6.54 Å². The second kappa shape index (κ2) is 5.48. The zero-order valence-corrected chi connectivity index (χ0v) is 11.9. The lowest BCUT2D eigenvalue weighted by Gasteiger charge is -2.22. The Kier molecular flexibility index (Phi) is 4.71. The molecule has 98 valence electrons. The summed E-state index contributed by atoms with van der Waals surface area (Å²) >= 11 is 1.16. The quantitative estimate of drug-likeness (QED) is 0.863. The summed E-state index contributed by atoms with van der Waals surface area (Å²) in [6.45, 7) is 6.06. The fraction of sp³-hybridized carbons (Fsp3) is 0.636. The molecular weight excluding hydrogens is 258 g/mol. The van der Waals surface area contributed by atoms with Crippen LogP contribution in [-0.2, 0) is 10.0 Å². The summed E-state index contributed by atoms with van der Waals surface area (Å²) in [6.07, 6.45) is -0.107. The zero-order chi connectivity index (χ0) is 13.1. The zero-order valence-electron chi connectivity index (χ0n) is 10.3. The van der Waals surface area contributed by atoms with Gasteiger partial charge < -0.3 is 5.11 Å². The topological polar surface area (TPSA) is 66.4 Å². The molecule has 0 aliphatic carbocycles. The Morgan fingerprint density at radius 2 is 2.12 bits per heavy atom. The fourth-order valence-corrected chi connectivity index (χ4v) is 3.58. The lowest BCUT2D eigenvalue weighted by atomic mass is 9.89.